The van der Waals surface area contributed by atoms with E-state index in [1.54, 1.807) is 30.5 Å². The number of rotatable bonds is 11. The number of nitrogens with one attached hydrogen (secondary N) is 3. The first-order chi connectivity index (χ1) is 22.9. The van der Waals surface area contributed by atoms with Gasteiger partial charge in [0.05, 0.1) is 18.0 Å². The molecule has 234 valence electrons. The minimum Gasteiger partial charge on any atom is -0.457 e. The van der Waals surface area contributed by atoms with Crippen molar-refractivity contribution in [2.45, 2.75) is 26.2 Å². The van der Waals surface area contributed by atoms with Crippen LogP contribution in [0.1, 0.15) is 63.7 Å². The molecule has 5 rings (SSSR count). The summed E-state index contributed by atoms with van der Waals surface area (Å²) in [5.74, 6) is 6.45. The van der Waals surface area contributed by atoms with Crippen molar-refractivity contribution in [1.82, 2.24) is 20.8 Å². The van der Waals surface area contributed by atoms with E-state index in [0.717, 1.165) is 30.2 Å². The highest BCUT2D eigenvalue weighted by atomic mass is 16.5. The van der Waals surface area contributed by atoms with Crippen molar-refractivity contribution in [2.75, 3.05) is 0 Å². The average molecular weight is 626 g/mol. The first kappa shape index (κ1) is 32.4. The number of amides is 2. The van der Waals surface area contributed by atoms with Gasteiger partial charge < -0.3 is 19.8 Å². The van der Waals surface area contributed by atoms with Gasteiger partial charge in [0.15, 0.2) is 0 Å². The number of para-hydroxylation sites is 1. The number of unbranched alkanes of at least 4 members (excludes halogenated alkanes) is 2. The maximum Gasteiger partial charge on any atom is 0.488 e. The van der Waals surface area contributed by atoms with Crippen LogP contribution in [0.15, 0.2) is 101 Å². The minimum absolute atomic E-state index is 0.163. The molecule has 0 aliphatic carbocycles. The Morgan fingerprint density at radius 1 is 0.915 bits per heavy atom. The van der Waals surface area contributed by atoms with E-state index >= 15 is 0 Å². The molecular weight excluding hydrogens is 595 g/mol. The van der Waals surface area contributed by atoms with E-state index in [-0.39, 0.29) is 5.46 Å². The van der Waals surface area contributed by atoms with Crippen LogP contribution >= 0.6 is 0 Å². The maximum atomic E-state index is 12.8. The zero-order valence-electron chi connectivity index (χ0n) is 25.5. The maximum absolute atomic E-state index is 12.8. The Kier molecular flexibility index (Phi) is 10.9. The zero-order valence-corrected chi connectivity index (χ0v) is 25.5. The van der Waals surface area contributed by atoms with Gasteiger partial charge in [0.25, 0.3) is 11.8 Å². The molecule has 0 fully saturated rings. The summed E-state index contributed by atoms with van der Waals surface area (Å²) in [6.45, 7) is 2.09. The number of nitrogens with zero attached hydrogens (tertiary/aromatic N) is 3. The topological polar surface area (TPSA) is 161 Å². The summed E-state index contributed by atoms with van der Waals surface area (Å²) in [4.78, 5) is 32.6. The highest BCUT2D eigenvalue weighted by Crippen LogP contribution is 2.26. The van der Waals surface area contributed by atoms with Crippen molar-refractivity contribution in [3.05, 3.63) is 119 Å². The molecule has 0 spiro atoms. The van der Waals surface area contributed by atoms with Crippen molar-refractivity contribution in [2.24, 2.45) is 10.2 Å². The average Bonchev–Trinajstić information content (AvgIpc) is 3.51. The van der Waals surface area contributed by atoms with Crippen molar-refractivity contribution in [1.29, 1.82) is 0 Å². The predicted molar refractivity (Wildman–Crippen MR) is 182 cm³/mol. The number of aromatic nitrogens is 2. The summed E-state index contributed by atoms with van der Waals surface area (Å²) in [5.41, 5.74) is 7.93. The lowest BCUT2D eigenvalue weighted by Crippen LogP contribution is -2.30. The zero-order chi connectivity index (χ0) is 33.0. The van der Waals surface area contributed by atoms with Gasteiger partial charge in [-0.25, -0.2) is 10.9 Å². The number of H-pyrrole nitrogens is 1. The van der Waals surface area contributed by atoms with Crippen LogP contribution in [0.5, 0.6) is 11.5 Å². The molecule has 0 radical (unpaired) electrons. The highest BCUT2D eigenvalue weighted by molar-refractivity contribution is 6.58. The first-order valence-corrected chi connectivity index (χ1v) is 14.9. The summed E-state index contributed by atoms with van der Waals surface area (Å²) in [7, 11) is -1.77. The van der Waals surface area contributed by atoms with Crippen molar-refractivity contribution in [3.8, 4) is 23.3 Å². The number of hydrogen-bond donors (Lipinski definition) is 5. The number of fused-ring (bicyclic) bond motifs is 1. The molecule has 12 heteroatoms. The lowest BCUT2D eigenvalue weighted by molar-refractivity contribution is 0.0944. The van der Waals surface area contributed by atoms with Gasteiger partial charge >= 0.3 is 7.12 Å². The van der Waals surface area contributed by atoms with Gasteiger partial charge in [0, 0.05) is 35.3 Å². The summed E-state index contributed by atoms with van der Waals surface area (Å²) in [5, 5.41) is 28.4. The smallest absolute Gasteiger partial charge is 0.457 e. The van der Waals surface area contributed by atoms with Gasteiger partial charge in [-0.1, -0.05) is 55.5 Å². The number of ether oxygens (including phenoxy) is 1. The summed E-state index contributed by atoms with van der Waals surface area (Å²) >= 11 is 0. The standard InChI is InChI=1S/C35H31BN6O5/c1-2-3-4-6-9-24-15-28(23-37-20-24)34(43)41-38-21-25-14-26(17-29(16-25)36(45)46)22-39-42-35(44)33-19-27-18-31(12-13-32(27)40-33)47-30-10-7-5-8-11-30/h5,7-8,10-23,40,45-46H,2-4H2,1H3,(H,41,43)(H,42,44)/b38-21+,39-22+. The van der Waals surface area contributed by atoms with Crippen LogP contribution in [0.3, 0.4) is 0 Å². The van der Waals surface area contributed by atoms with E-state index < -0.39 is 18.9 Å². The molecule has 0 aliphatic rings. The van der Waals surface area contributed by atoms with E-state index in [4.69, 9.17) is 4.74 Å². The molecule has 0 unspecified atom stereocenters. The van der Waals surface area contributed by atoms with Gasteiger partial charge in [-0.05, 0) is 71.5 Å². The second kappa shape index (κ2) is 15.8. The number of hydrogen-bond acceptors (Lipinski definition) is 8. The Balaban J connectivity index is 1.22. The van der Waals surface area contributed by atoms with Crippen LogP contribution < -0.4 is 21.1 Å². The second-order valence-electron chi connectivity index (χ2n) is 10.4. The summed E-state index contributed by atoms with van der Waals surface area (Å²) < 4.78 is 5.87. The van der Waals surface area contributed by atoms with Crippen LogP contribution in [0.4, 0.5) is 0 Å². The number of carbonyl (C=O) groups excluding carboxylic acids is 2. The third-order valence-electron chi connectivity index (χ3n) is 6.76. The molecule has 0 saturated carbocycles. The second-order valence-corrected chi connectivity index (χ2v) is 10.4. The quantitative estimate of drug-likeness (QED) is 0.0488. The molecule has 2 aromatic heterocycles. The van der Waals surface area contributed by atoms with Gasteiger partial charge in [-0.3, -0.25) is 14.6 Å². The van der Waals surface area contributed by atoms with E-state index in [1.165, 1.54) is 30.8 Å². The third-order valence-corrected chi connectivity index (χ3v) is 6.76. The molecule has 0 aliphatic heterocycles. The Hall–Kier alpha value is -6.03. The number of hydrazone groups is 2. The summed E-state index contributed by atoms with van der Waals surface area (Å²) in [6.07, 6.45) is 8.54. The van der Waals surface area contributed by atoms with Crippen LogP contribution in [-0.4, -0.2) is 51.4 Å². The number of benzene rings is 3. The Bertz CT molecular complexity index is 2000. The van der Waals surface area contributed by atoms with E-state index in [2.05, 4.69) is 49.8 Å². The number of carbonyl (C=O) groups is 2. The predicted octanol–water partition coefficient (Wildman–Crippen LogP) is 4.10. The minimum atomic E-state index is -1.77. The number of aromatic amines is 1. The lowest BCUT2D eigenvalue weighted by atomic mass is 9.79. The normalized spacial score (nSPS) is 11.0. The van der Waals surface area contributed by atoms with Crippen LogP contribution in [0, 0.1) is 11.8 Å². The van der Waals surface area contributed by atoms with Gasteiger partial charge in [0.1, 0.15) is 17.2 Å². The van der Waals surface area contributed by atoms with Crippen molar-refractivity contribution < 1.29 is 24.4 Å². The molecule has 5 N–H and O–H groups in total. The Labute approximate surface area is 271 Å². The molecule has 5 aromatic rings. The SMILES string of the molecule is CCCCC#Cc1cncc(C(=O)N/N=C/c2cc(/C=N/NC(=O)c3cc4cc(Oc5ccccc5)ccc4[nH]3)cc(B(O)O)c2)c1. The molecule has 0 atom stereocenters. The van der Waals surface area contributed by atoms with Gasteiger partial charge in [-0.2, -0.15) is 10.2 Å². The van der Waals surface area contributed by atoms with Crippen LogP contribution in [0.2, 0.25) is 0 Å². The molecular formula is C35H31BN6O5. The third kappa shape index (κ3) is 9.24. The van der Waals surface area contributed by atoms with Crippen molar-refractivity contribution >= 4 is 47.7 Å². The lowest BCUT2D eigenvalue weighted by Gasteiger charge is -2.05. The Morgan fingerprint density at radius 3 is 2.38 bits per heavy atom. The van der Waals surface area contributed by atoms with E-state index in [1.807, 2.05) is 42.5 Å². The molecule has 11 nitrogen and oxygen atoms in total. The largest absolute Gasteiger partial charge is 0.488 e. The molecule has 0 saturated heterocycles. The summed E-state index contributed by atoms with van der Waals surface area (Å²) in [6, 6.07) is 22.8. The molecule has 2 amide bonds. The molecule has 2 heterocycles. The Morgan fingerprint density at radius 2 is 1.66 bits per heavy atom. The van der Waals surface area contributed by atoms with Gasteiger partial charge in [0.2, 0.25) is 0 Å². The first-order valence-electron chi connectivity index (χ1n) is 14.9. The molecule has 3 aromatic carbocycles. The fourth-order valence-electron chi connectivity index (χ4n) is 4.44. The highest BCUT2D eigenvalue weighted by Gasteiger charge is 2.13. The van der Waals surface area contributed by atoms with Crippen LogP contribution in [-0.2, 0) is 0 Å². The monoisotopic (exact) mass is 626 g/mol. The van der Waals surface area contributed by atoms with E-state index in [9.17, 15) is 19.6 Å². The van der Waals surface area contributed by atoms with Crippen molar-refractivity contribution in [3.63, 3.8) is 0 Å². The fourth-order valence-corrected chi connectivity index (χ4v) is 4.44. The molecule has 47 heavy (non-hydrogen) atoms. The number of pyridine rings is 1. The molecule has 0 bridgehead atoms. The van der Waals surface area contributed by atoms with Crippen LogP contribution in [0.25, 0.3) is 10.9 Å². The van der Waals surface area contributed by atoms with E-state index in [0.29, 0.717) is 39.4 Å². The fraction of sp³-hybridized carbons (Fsp3) is 0.114. The van der Waals surface area contributed by atoms with Gasteiger partial charge in [-0.15, -0.1) is 0 Å².